The van der Waals surface area contributed by atoms with Gasteiger partial charge in [0.15, 0.2) is 0 Å². The third-order valence-electron chi connectivity index (χ3n) is 5.78. The summed E-state index contributed by atoms with van der Waals surface area (Å²) >= 11 is 5.92. The molecule has 0 heterocycles. The second kappa shape index (κ2) is 8.08. The van der Waals surface area contributed by atoms with Crippen LogP contribution in [0.4, 0.5) is 0 Å². The molecule has 2 rings (SSSR count). The minimum Gasteiger partial charge on any atom is -0.276 e. The first-order chi connectivity index (χ1) is 11.7. The van der Waals surface area contributed by atoms with Crippen molar-refractivity contribution in [1.29, 1.82) is 0 Å². The van der Waals surface area contributed by atoms with Crippen molar-refractivity contribution in [2.75, 3.05) is 0 Å². The lowest BCUT2D eigenvalue weighted by Crippen LogP contribution is -2.33. The fourth-order valence-electron chi connectivity index (χ4n) is 3.89. The number of unbranched alkanes of at least 4 members (excludes halogenated alkanes) is 4. The van der Waals surface area contributed by atoms with Crippen LogP contribution in [0.2, 0.25) is 0 Å². The maximum absolute atomic E-state index is 12.0. The number of fused-ring (bicyclic) bond motifs is 1. The van der Waals surface area contributed by atoms with Crippen LogP contribution in [0.1, 0.15) is 96.3 Å². The van der Waals surface area contributed by atoms with E-state index in [-0.39, 0.29) is 16.1 Å². The monoisotopic (exact) mass is 360 g/mol. The van der Waals surface area contributed by atoms with Gasteiger partial charge in [0, 0.05) is 5.57 Å². The van der Waals surface area contributed by atoms with Gasteiger partial charge in [-0.3, -0.25) is 4.79 Å². The Morgan fingerprint density at radius 3 is 2.28 bits per heavy atom. The summed E-state index contributed by atoms with van der Waals surface area (Å²) in [6.45, 7) is 11.5. The largest absolute Gasteiger partial charge is 0.276 e. The molecule has 1 aromatic carbocycles. The van der Waals surface area contributed by atoms with E-state index in [1.165, 1.54) is 43.2 Å². The Balaban J connectivity index is 2.34. The Morgan fingerprint density at radius 1 is 1.04 bits per heavy atom. The van der Waals surface area contributed by atoms with Crippen molar-refractivity contribution in [2.24, 2.45) is 0 Å². The van der Waals surface area contributed by atoms with E-state index in [2.05, 4.69) is 52.8 Å². The number of hydrogen-bond donors (Lipinski definition) is 0. The van der Waals surface area contributed by atoms with Gasteiger partial charge in [-0.05, 0) is 64.8 Å². The standard InChI is InChI=1S/C23H33ClO/c1-6-7-8-9-10-11-18(21(24)25)17-12-13-19-20(16-17)23(4,5)15-14-22(19,2)3/h11-13,16H,6-10,14-15H2,1-5H3. The van der Waals surface area contributed by atoms with Crippen molar-refractivity contribution in [3.8, 4) is 0 Å². The minimum absolute atomic E-state index is 0.141. The van der Waals surface area contributed by atoms with Crippen molar-refractivity contribution in [3.63, 3.8) is 0 Å². The highest BCUT2D eigenvalue weighted by Crippen LogP contribution is 2.46. The summed E-state index contributed by atoms with van der Waals surface area (Å²) in [6, 6.07) is 6.52. The minimum atomic E-state index is -0.344. The molecule has 0 fully saturated rings. The topological polar surface area (TPSA) is 17.1 Å². The van der Waals surface area contributed by atoms with Gasteiger partial charge in [0.1, 0.15) is 0 Å². The fourth-order valence-corrected chi connectivity index (χ4v) is 4.07. The molecule has 0 aliphatic heterocycles. The van der Waals surface area contributed by atoms with Crippen molar-refractivity contribution in [2.45, 2.75) is 90.4 Å². The Bertz CT molecular complexity index is 652. The maximum atomic E-state index is 12.0. The molecule has 0 aromatic heterocycles. The number of carbonyl (C=O) groups is 1. The van der Waals surface area contributed by atoms with Gasteiger partial charge >= 0.3 is 0 Å². The molecule has 0 bridgehead atoms. The van der Waals surface area contributed by atoms with Gasteiger partial charge in [-0.15, -0.1) is 0 Å². The molecular weight excluding hydrogens is 328 g/mol. The highest BCUT2D eigenvalue weighted by Gasteiger charge is 2.37. The van der Waals surface area contributed by atoms with Crippen molar-refractivity contribution in [3.05, 3.63) is 41.0 Å². The van der Waals surface area contributed by atoms with Gasteiger partial charge in [0.25, 0.3) is 5.24 Å². The van der Waals surface area contributed by atoms with E-state index >= 15 is 0 Å². The molecule has 1 aliphatic carbocycles. The summed E-state index contributed by atoms with van der Waals surface area (Å²) in [5.74, 6) is 0. The highest BCUT2D eigenvalue weighted by atomic mass is 35.5. The summed E-state index contributed by atoms with van der Waals surface area (Å²) in [4.78, 5) is 12.0. The number of carbonyl (C=O) groups excluding carboxylic acids is 1. The first-order valence-electron chi connectivity index (χ1n) is 9.74. The molecular formula is C23H33ClO. The number of hydrogen-bond acceptors (Lipinski definition) is 1. The lowest BCUT2D eigenvalue weighted by atomic mass is 9.63. The summed E-state index contributed by atoms with van der Waals surface area (Å²) in [5.41, 5.74) is 4.76. The van der Waals surface area contributed by atoms with E-state index < -0.39 is 0 Å². The quantitative estimate of drug-likeness (QED) is 0.286. The molecule has 0 spiro atoms. The number of benzene rings is 1. The average Bonchev–Trinajstić information content (AvgIpc) is 2.55. The van der Waals surface area contributed by atoms with E-state index in [9.17, 15) is 4.79 Å². The molecule has 1 aliphatic rings. The zero-order valence-corrected chi connectivity index (χ0v) is 17.3. The molecule has 25 heavy (non-hydrogen) atoms. The Kier molecular flexibility index (Phi) is 6.54. The fraction of sp³-hybridized carbons (Fsp3) is 0.609. The predicted molar refractivity (Wildman–Crippen MR) is 109 cm³/mol. The summed E-state index contributed by atoms with van der Waals surface area (Å²) in [5, 5.41) is -0.344. The number of rotatable bonds is 7. The molecule has 2 heteroatoms. The van der Waals surface area contributed by atoms with Gasteiger partial charge in [-0.1, -0.05) is 78.2 Å². The lowest BCUT2D eigenvalue weighted by molar-refractivity contribution is -0.106. The van der Waals surface area contributed by atoms with Crippen LogP contribution >= 0.6 is 11.6 Å². The molecule has 0 N–H and O–H groups in total. The van der Waals surface area contributed by atoms with Crippen LogP contribution in [0.25, 0.3) is 5.57 Å². The number of halogens is 1. The van der Waals surface area contributed by atoms with E-state index in [1.54, 1.807) is 0 Å². The first-order valence-corrected chi connectivity index (χ1v) is 10.1. The molecule has 138 valence electrons. The van der Waals surface area contributed by atoms with E-state index in [0.29, 0.717) is 5.57 Å². The third kappa shape index (κ3) is 4.76. The zero-order valence-electron chi connectivity index (χ0n) is 16.5. The highest BCUT2D eigenvalue weighted by molar-refractivity contribution is 6.74. The van der Waals surface area contributed by atoms with Gasteiger partial charge < -0.3 is 0 Å². The predicted octanol–water partition coefficient (Wildman–Crippen LogP) is 7.15. The lowest BCUT2D eigenvalue weighted by Gasteiger charge is -2.42. The summed E-state index contributed by atoms with van der Waals surface area (Å²) < 4.78 is 0. The van der Waals surface area contributed by atoms with Crippen LogP contribution in [-0.4, -0.2) is 5.24 Å². The molecule has 1 aromatic rings. The SMILES string of the molecule is CCCCCCC=C(C(=O)Cl)c1ccc2c(c1)C(C)(C)CCC2(C)C. The van der Waals surface area contributed by atoms with E-state index in [4.69, 9.17) is 11.6 Å². The van der Waals surface area contributed by atoms with Gasteiger partial charge in [-0.2, -0.15) is 0 Å². The van der Waals surface area contributed by atoms with Crippen LogP contribution < -0.4 is 0 Å². The Labute approximate surface area is 158 Å². The van der Waals surface area contributed by atoms with Crippen LogP contribution in [0.15, 0.2) is 24.3 Å². The first kappa shape index (κ1) is 20.2. The molecule has 0 saturated heterocycles. The molecule has 0 amide bonds. The summed E-state index contributed by atoms with van der Waals surface area (Å²) in [6.07, 6.45) is 10.1. The normalized spacial score (nSPS) is 18.7. The molecule has 0 atom stereocenters. The second-order valence-corrected chi connectivity index (χ2v) is 9.11. The van der Waals surface area contributed by atoms with Crippen molar-refractivity contribution >= 4 is 22.4 Å². The molecule has 1 nitrogen and oxygen atoms in total. The molecule has 0 radical (unpaired) electrons. The maximum Gasteiger partial charge on any atom is 0.252 e. The van der Waals surface area contributed by atoms with Crippen molar-refractivity contribution < 1.29 is 4.79 Å². The van der Waals surface area contributed by atoms with Crippen LogP contribution in [0.3, 0.4) is 0 Å². The second-order valence-electron chi connectivity index (χ2n) is 8.77. The molecule has 0 saturated carbocycles. The smallest absolute Gasteiger partial charge is 0.252 e. The Hall–Kier alpha value is -1.08. The van der Waals surface area contributed by atoms with Gasteiger partial charge in [0.2, 0.25) is 0 Å². The van der Waals surface area contributed by atoms with E-state index in [0.717, 1.165) is 18.4 Å². The van der Waals surface area contributed by atoms with Crippen LogP contribution in [0, 0.1) is 0 Å². The van der Waals surface area contributed by atoms with Crippen molar-refractivity contribution in [1.82, 2.24) is 0 Å². The average molecular weight is 361 g/mol. The van der Waals surface area contributed by atoms with Gasteiger partial charge in [0.05, 0.1) is 0 Å². The zero-order chi connectivity index (χ0) is 18.7. The van der Waals surface area contributed by atoms with Crippen LogP contribution in [-0.2, 0) is 15.6 Å². The van der Waals surface area contributed by atoms with Crippen LogP contribution in [0.5, 0.6) is 0 Å². The van der Waals surface area contributed by atoms with E-state index in [1.807, 2.05) is 6.08 Å². The third-order valence-corrected chi connectivity index (χ3v) is 5.99. The molecule has 0 unspecified atom stereocenters. The van der Waals surface area contributed by atoms with Gasteiger partial charge in [-0.25, -0.2) is 0 Å². The number of allylic oxidation sites excluding steroid dienone is 2. The Morgan fingerprint density at radius 2 is 1.68 bits per heavy atom. The summed E-state index contributed by atoms with van der Waals surface area (Å²) in [7, 11) is 0.